The molecule has 0 spiro atoms. The molecule has 1 fully saturated rings. The Labute approximate surface area is 157 Å². The van der Waals surface area contributed by atoms with E-state index < -0.39 is 0 Å². The van der Waals surface area contributed by atoms with Crippen LogP contribution in [0, 0.1) is 0 Å². The molecule has 4 heterocycles. The van der Waals surface area contributed by atoms with Crippen LogP contribution in [0.4, 0.5) is 0 Å². The highest BCUT2D eigenvalue weighted by Gasteiger charge is 2.27. The molecule has 1 aliphatic heterocycles. The number of aromatic nitrogens is 7. The van der Waals surface area contributed by atoms with E-state index >= 15 is 0 Å². The van der Waals surface area contributed by atoms with Crippen molar-refractivity contribution < 1.29 is 4.79 Å². The highest BCUT2D eigenvalue weighted by molar-refractivity contribution is 5.78. The van der Waals surface area contributed by atoms with Crippen LogP contribution in [0.2, 0.25) is 0 Å². The van der Waals surface area contributed by atoms with Crippen LogP contribution in [-0.4, -0.2) is 58.4 Å². The monoisotopic (exact) mass is 366 g/mol. The molecule has 0 bridgehead atoms. The summed E-state index contributed by atoms with van der Waals surface area (Å²) in [6, 6.07) is 3.78. The zero-order valence-corrected chi connectivity index (χ0v) is 15.3. The molecule has 4 rings (SSSR count). The second-order valence-electron chi connectivity index (χ2n) is 6.81. The third-order valence-corrected chi connectivity index (χ3v) is 5.09. The highest BCUT2D eigenvalue weighted by atomic mass is 16.2. The standard InChI is InChI=1S/C18H22N8O/c1-24-16(11-26-13-20-12-21-26)22-23-18(24)15-4-8-25(9-5-15)17(27)10-14-2-6-19-7-3-14/h2-3,6-7,12-13,15H,4-5,8-11H2,1H3. The van der Waals surface area contributed by atoms with Gasteiger partial charge in [-0.1, -0.05) is 0 Å². The SMILES string of the molecule is Cn1c(Cn2cncn2)nnc1C1CCN(C(=O)Cc2ccncc2)CC1. The molecule has 9 nitrogen and oxygen atoms in total. The molecular formula is C18H22N8O. The van der Waals surface area contributed by atoms with E-state index in [1.807, 2.05) is 28.6 Å². The van der Waals surface area contributed by atoms with E-state index in [0.717, 1.165) is 43.1 Å². The van der Waals surface area contributed by atoms with Crippen LogP contribution in [0.25, 0.3) is 0 Å². The number of likely N-dealkylation sites (tertiary alicyclic amines) is 1. The third kappa shape index (κ3) is 3.86. The van der Waals surface area contributed by atoms with E-state index in [2.05, 4.69) is 25.3 Å². The zero-order valence-electron chi connectivity index (χ0n) is 15.3. The lowest BCUT2D eigenvalue weighted by Gasteiger charge is -2.31. The number of piperidine rings is 1. The van der Waals surface area contributed by atoms with Crippen molar-refractivity contribution in [2.24, 2.45) is 7.05 Å². The molecule has 0 radical (unpaired) electrons. The van der Waals surface area contributed by atoms with Gasteiger partial charge in [0.1, 0.15) is 25.0 Å². The average molecular weight is 366 g/mol. The van der Waals surface area contributed by atoms with Gasteiger partial charge in [0.2, 0.25) is 5.91 Å². The van der Waals surface area contributed by atoms with Crippen molar-refractivity contribution in [3.63, 3.8) is 0 Å². The number of rotatable bonds is 5. The predicted molar refractivity (Wildman–Crippen MR) is 96.6 cm³/mol. The molecule has 0 saturated carbocycles. The Kier molecular flexibility index (Phi) is 4.91. The Hall–Kier alpha value is -3.10. The van der Waals surface area contributed by atoms with Crippen molar-refractivity contribution in [2.45, 2.75) is 31.7 Å². The van der Waals surface area contributed by atoms with E-state index in [-0.39, 0.29) is 5.91 Å². The first-order chi connectivity index (χ1) is 13.2. The van der Waals surface area contributed by atoms with Crippen LogP contribution >= 0.6 is 0 Å². The lowest BCUT2D eigenvalue weighted by Crippen LogP contribution is -2.39. The van der Waals surface area contributed by atoms with Crippen molar-refractivity contribution in [1.82, 2.24) is 39.4 Å². The largest absolute Gasteiger partial charge is 0.342 e. The fourth-order valence-corrected chi connectivity index (χ4v) is 3.50. The number of pyridine rings is 1. The maximum atomic E-state index is 12.5. The van der Waals surface area contributed by atoms with Crippen LogP contribution in [0.5, 0.6) is 0 Å². The molecule has 1 amide bonds. The molecule has 1 aliphatic rings. The Morgan fingerprint density at radius 2 is 1.93 bits per heavy atom. The van der Waals surface area contributed by atoms with Crippen molar-refractivity contribution in [1.29, 1.82) is 0 Å². The molecular weight excluding hydrogens is 344 g/mol. The van der Waals surface area contributed by atoms with Gasteiger partial charge in [0.25, 0.3) is 0 Å². The Balaban J connectivity index is 1.35. The van der Waals surface area contributed by atoms with Gasteiger partial charge in [-0.2, -0.15) is 5.10 Å². The molecule has 1 saturated heterocycles. The molecule has 0 aliphatic carbocycles. The van der Waals surface area contributed by atoms with Crippen molar-refractivity contribution in [2.75, 3.05) is 13.1 Å². The van der Waals surface area contributed by atoms with E-state index in [4.69, 9.17) is 0 Å². The summed E-state index contributed by atoms with van der Waals surface area (Å²) in [5.74, 6) is 2.32. The van der Waals surface area contributed by atoms with Gasteiger partial charge in [0, 0.05) is 38.4 Å². The summed E-state index contributed by atoms with van der Waals surface area (Å²) in [5.41, 5.74) is 1.00. The molecule has 140 valence electrons. The summed E-state index contributed by atoms with van der Waals surface area (Å²) in [5, 5.41) is 12.8. The first-order valence-corrected chi connectivity index (χ1v) is 9.08. The van der Waals surface area contributed by atoms with Crippen LogP contribution in [0.3, 0.4) is 0 Å². The van der Waals surface area contributed by atoms with Crippen LogP contribution in [0.1, 0.15) is 36.0 Å². The maximum absolute atomic E-state index is 12.5. The predicted octanol–water partition coefficient (Wildman–Crippen LogP) is 0.799. The van der Waals surface area contributed by atoms with Crippen LogP contribution in [-0.2, 0) is 24.8 Å². The normalized spacial score (nSPS) is 15.2. The van der Waals surface area contributed by atoms with E-state index in [1.165, 1.54) is 6.33 Å². The maximum Gasteiger partial charge on any atom is 0.226 e. The Bertz CT molecular complexity index is 881. The number of hydrogen-bond donors (Lipinski definition) is 0. The minimum Gasteiger partial charge on any atom is -0.342 e. The van der Waals surface area contributed by atoms with Gasteiger partial charge in [-0.3, -0.25) is 9.78 Å². The summed E-state index contributed by atoms with van der Waals surface area (Å²) < 4.78 is 3.77. The summed E-state index contributed by atoms with van der Waals surface area (Å²) in [7, 11) is 1.99. The summed E-state index contributed by atoms with van der Waals surface area (Å²) >= 11 is 0. The third-order valence-electron chi connectivity index (χ3n) is 5.09. The molecule has 3 aromatic rings. The second-order valence-corrected chi connectivity index (χ2v) is 6.81. The van der Waals surface area contributed by atoms with Crippen molar-refractivity contribution >= 4 is 5.91 Å². The molecule has 0 unspecified atom stereocenters. The van der Waals surface area contributed by atoms with Crippen molar-refractivity contribution in [3.8, 4) is 0 Å². The molecule has 3 aromatic heterocycles. The van der Waals surface area contributed by atoms with E-state index in [0.29, 0.717) is 18.9 Å². The smallest absolute Gasteiger partial charge is 0.226 e. The van der Waals surface area contributed by atoms with E-state index in [1.54, 1.807) is 23.4 Å². The summed E-state index contributed by atoms with van der Waals surface area (Å²) in [6.07, 6.45) is 8.85. The minimum atomic E-state index is 0.171. The van der Waals surface area contributed by atoms with Gasteiger partial charge in [0.15, 0.2) is 5.82 Å². The molecule has 27 heavy (non-hydrogen) atoms. The van der Waals surface area contributed by atoms with Gasteiger partial charge in [-0.15, -0.1) is 10.2 Å². The number of carbonyl (C=O) groups excluding carboxylic acids is 1. The fourth-order valence-electron chi connectivity index (χ4n) is 3.50. The van der Waals surface area contributed by atoms with Gasteiger partial charge in [-0.05, 0) is 30.5 Å². The van der Waals surface area contributed by atoms with Gasteiger partial charge in [0.05, 0.1) is 6.42 Å². The summed E-state index contributed by atoms with van der Waals surface area (Å²) in [6.45, 7) is 2.05. The Morgan fingerprint density at radius 3 is 2.63 bits per heavy atom. The quantitative estimate of drug-likeness (QED) is 0.663. The van der Waals surface area contributed by atoms with Crippen LogP contribution in [0.15, 0.2) is 37.2 Å². The first-order valence-electron chi connectivity index (χ1n) is 9.08. The van der Waals surface area contributed by atoms with E-state index in [9.17, 15) is 4.79 Å². The first kappa shape index (κ1) is 17.3. The number of hydrogen-bond acceptors (Lipinski definition) is 6. The highest BCUT2D eigenvalue weighted by Crippen LogP contribution is 2.27. The number of amides is 1. The second kappa shape index (κ2) is 7.65. The van der Waals surface area contributed by atoms with Gasteiger partial charge < -0.3 is 9.47 Å². The Morgan fingerprint density at radius 1 is 1.15 bits per heavy atom. The minimum absolute atomic E-state index is 0.171. The lowest BCUT2D eigenvalue weighted by atomic mass is 9.95. The van der Waals surface area contributed by atoms with Gasteiger partial charge in [-0.25, -0.2) is 9.67 Å². The van der Waals surface area contributed by atoms with Gasteiger partial charge >= 0.3 is 0 Å². The molecule has 9 heteroatoms. The molecule has 0 atom stereocenters. The summed E-state index contributed by atoms with van der Waals surface area (Å²) in [4.78, 5) is 22.4. The van der Waals surface area contributed by atoms with Crippen molar-refractivity contribution in [3.05, 3.63) is 54.4 Å². The number of nitrogens with zero attached hydrogens (tertiary/aromatic N) is 8. The lowest BCUT2D eigenvalue weighted by molar-refractivity contribution is -0.131. The fraction of sp³-hybridized carbons (Fsp3) is 0.444. The topological polar surface area (TPSA) is 94.6 Å². The van der Waals surface area contributed by atoms with Crippen LogP contribution < -0.4 is 0 Å². The number of carbonyl (C=O) groups is 1. The molecule has 0 N–H and O–H groups in total. The average Bonchev–Trinajstić information content (AvgIpc) is 3.34. The zero-order chi connectivity index (χ0) is 18.6. The molecule has 0 aromatic carbocycles.